The van der Waals surface area contributed by atoms with Gasteiger partial charge >= 0.3 is 6.09 Å². The highest BCUT2D eigenvalue weighted by Gasteiger charge is 2.28. The van der Waals surface area contributed by atoms with Gasteiger partial charge < -0.3 is 24.8 Å². The summed E-state index contributed by atoms with van der Waals surface area (Å²) in [7, 11) is -0.552. The molecular weight excluding hydrogens is 948 g/mol. The maximum absolute atomic E-state index is 13.5. The van der Waals surface area contributed by atoms with Gasteiger partial charge in [-0.2, -0.15) is 0 Å². The molecule has 2 N–H and O–H groups in total. The lowest BCUT2D eigenvalue weighted by Crippen LogP contribution is -2.49. The number of sulfonamides is 1. The lowest BCUT2D eigenvalue weighted by Gasteiger charge is -2.37. The predicted molar refractivity (Wildman–Crippen MR) is 279 cm³/mol. The monoisotopic (exact) mass is 1010 g/mol. The molecule has 2 amide bonds. The summed E-state index contributed by atoms with van der Waals surface area (Å²) in [5, 5.41) is 16.2. The zero-order valence-electron chi connectivity index (χ0n) is 40.5. The largest absolute Gasteiger partial charge is 0.444 e. The predicted octanol–water partition coefficient (Wildman–Crippen LogP) is 8.93. The first-order valence-corrected chi connectivity index (χ1v) is 26.3. The van der Waals surface area contributed by atoms with Gasteiger partial charge in [0.25, 0.3) is 21.6 Å². The first-order valence-electron chi connectivity index (χ1n) is 23.5. The average molecular weight is 1010 g/mol. The topological polar surface area (TPSA) is 161 Å². The second-order valence-electron chi connectivity index (χ2n) is 19.0. The number of carbonyl (C=O) groups excluding carboxylic acids is 2. The summed E-state index contributed by atoms with van der Waals surface area (Å²) in [6, 6.07) is 34.7. The summed E-state index contributed by atoms with van der Waals surface area (Å²) in [5.74, 6) is -0.214. The minimum absolute atomic E-state index is 0.137. The van der Waals surface area contributed by atoms with Crippen LogP contribution in [0.25, 0.3) is 11.1 Å². The number of hydrogen-bond donors (Lipinski definition) is 2. The van der Waals surface area contributed by atoms with Crippen molar-refractivity contribution in [2.75, 3.05) is 89.0 Å². The van der Waals surface area contributed by atoms with E-state index in [1.165, 1.54) is 23.3 Å². The Balaban J connectivity index is 0.952. The fraction of sp³-hybridized carbons (Fsp3) is 0.385. The number of thioether (sulfide) groups is 1. The quantitative estimate of drug-likeness (QED) is 0.0487. The van der Waals surface area contributed by atoms with E-state index in [4.69, 9.17) is 16.3 Å². The highest BCUT2D eigenvalue weighted by atomic mass is 35.5. The van der Waals surface area contributed by atoms with Gasteiger partial charge in [0.1, 0.15) is 11.3 Å². The second-order valence-corrected chi connectivity index (χ2v) is 22.2. The van der Waals surface area contributed by atoms with Crippen LogP contribution in [-0.2, 0) is 27.8 Å². The van der Waals surface area contributed by atoms with Crippen LogP contribution < -0.4 is 14.9 Å². The second kappa shape index (κ2) is 23.5. The lowest BCUT2D eigenvalue weighted by atomic mass is 9.96. The number of rotatable bonds is 18. The molecule has 0 saturated carbocycles. The van der Waals surface area contributed by atoms with Crippen LogP contribution in [0, 0.1) is 10.1 Å². The third kappa shape index (κ3) is 14.7. The van der Waals surface area contributed by atoms with E-state index in [-0.39, 0.29) is 23.4 Å². The van der Waals surface area contributed by atoms with Gasteiger partial charge in [-0.25, -0.2) is 17.9 Å². The molecule has 2 aliphatic heterocycles. The normalized spacial score (nSPS) is 15.4. The summed E-state index contributed by atoms with van der Waals surface area (Å²) in [5.41, 5.74) is 4.96. The molecule has 0 aliphatic carbocycles. The number of anilines is 2. The molecule has 2 aliphatic rings. The van der Waals surface area contributed by atoms with Crippen molar-refractivity contribution >= 4 is 62.4 Å². The average Bonchev–Trinajstić information content (AvgIpc) is 3.33. The minimum Gasteiger partial charge on any atom is -0.444 e. The molecular formula is C52H63ClN8O7S2. The van der Waals surface area contributed by atoms with Gasteiger partial charge in [0.05, 0.1) is 9.82 Å². The number of carbonyl (C=O) groups is 2. The van der Waals surface area contributed by atoms with Crippen molar-refractivity contribution in [3.8, 4) is 11.1 Å². The van der Waals surface area contributed by atoms with E-state index < -0.39 is 37.0 Å². The molecule has 1 atom stereocenters. The highest BCUT2D eigenvalue weighted by Crippen LogP contribution is 2.32. The van der Waals surface area contributed by atoms with Crippen LogP contribution in [0.2, 0.25) is 5.02 Å². The van der Waals surface area contributed by atoms with Crippen molar-refractivity contribution in [1.82, 2.24) is 24.3 Å². The Morgan fingerprint density at radius 2 is 1.49 bits per heavy atom. The zero-order chi connectivity index (χ0) is 50.0. The van der Waals surface area contributed by atoms with E-state index >= 15 is 0 Å². The van der Waals surface area contributed by atoms with Gasteiger partial charge in [-0.15, -0.1) is 11.8 Å². The first-order chi connectivity index (χ1) is 33.4. The fourth-order valence-electron chi connectivity index (χ4n) is 8.43. The Labute approximate surface area is 421 Å². The van der Waals surface area contributed by atoms with Crippen LogP contribution in [0.3, 0.4) is 0 Å². The molecule has 0 unspecified atom stereocenters. The number of nitro groups is 1. The van der Waals surface area contributed by atoms with Crippen molar-refractivity contribution in [3.63, 3.8) is 0 Å². The number of nitrogens with one attached hydrogen (secondary N) is 2. The molecule has 5 aromatic carbocycles. The highest BCUT2D eigenvalue weighted by molar-refractivity contribution is 7.99. The summed E-state index contributed by atoms with van der Waals surface area (Å²) in [6.45, 7) is 13.7. The molecule has 0 aromatic heterocycles. The number of nitro benzene ring substituents is 1. The minimum atomic E-state index is -4.47. The number of ether oxygens (including phenoxy) is 1. The molecule has 0 radical (unpaired) electrons. The molecule has 2 saturated heterocycles. The number of amides is 2. The lowest BCUT2D eigenvalue weighted by molar-refractivity contribution is -0.384. The summed E-state index contributed by atoms with van der Waals surface area (Å²) >= 11 is 7.90. The smallest absolute Gasteiger partial charge is 0.410 e. The van der Waals surface area contributed by atoms with Gasteiger partial charge in [0.15, 0.2) is 0 Å². The van der Waals surface area contributed by atoms with Crippen molar-refractivity contribution in [3.05, 3.63) is 147 Å². The Hall–Kier alpha value is -5.69. The van der Waals surface area contributed by atoms with Crippen LogP contribution in [0.4, 0.5) is 21.9 Å². The summed E-state index contributed by atoms with van der Waals surface area (Å²) in [6.07, 6.45) is 0.423. The van der Waals surface area contributed by atoms with Gasteiger partial charge in [0.2, 0.25) is 0 Å². The number of piperazine rings is 2. The third-order valence-electron chi connectivity index (χ3n) is 12.2. The first kappa shape index (κ1) is 52.1. The Kier molecular flexibility index (Phi) is 17.5. The van der Waals surface area contributed by atoms with Gasteiger partial charge in [0, 0.05) is 104 Å². The molecule has 7 rings (SSSR count). The van der Waals surface area contributed by atoms with Crippen molar-refractivity contribution in [2.24, 2.45) is 0 Å². The van der Waals surface area contributed by atoms with Crippen molar-refractivity contribution in [2.45, 2.75) is 61.7 Å². The molecule has 372 valence electrons. The van der Waals surface area contributed by atoms with Crippen LogP contribution in [0.15, 0.2) is 125 Å². The SMILES string of the molecule is CN(C)CC[C@H](CSc1ccccc1)Nc1ccc(S(=O)(=O)NC(=O)c2ccc(N3CCN(Cc4cc(CN5CCN(C(=O)OC(C)(C)C)CC5)ccc4-c4ccc(Cl)cc4)CC3)cc2)cc1[N+](=O)[O-]. The van der Waals surface area contributed by atoms with E-state index in [0.29, 0.717) is 30.3 Å². The van der Waals surface area contributed by atoms with Gasteiger partial charge in [-0.1, -0.05) is 60.1 Å². The van der Waals surface area contributed by atoms with Crippen LogP contribution in [0.1, 0.15) is 48.7 Å². The number of nitrogens with zero attached hydrogens (tertiary/aromatic N) is 6. The van der Waals surface area contributed by atoms with Crippen molar-refractivity contribution < 1.29 is 27.7 Å². The molecule has 2 heterocycles. The van der Waals surface area contributed by atoms with Crippen LogP contribution in [-0.4, -0.2) is 135 Å². The molecule has 0 spiro atoms. The van der Waals surface area contributed by atoms with E-state index in [1.54, 1.807) is 40.9 Å². The Morgan fingerprint density at radius 3 is 2.13 bits per heavy atom. The number of benzene rings is 5. The molecule has 15 nitrogen and oxygen atoms in total. The molecule has 2 fully saturated rings. The van der Waals surface area contributed by atoms with Gasteiger partial charge in [-0.05, 0) is 131 Å². The number of hydrogen-bond acceptors (Lipinski definition) is 13. The van der Waals surface area contributed by atoms with Crippen LogP contribution in [0.5, 0.6) is 0 Å². The fourth-order valence-corrected chi connectivity index (χ4v) is 10.5. The van der Waals surface area contributed by atoms with Crippen molar-refractivity contribution in [1.29, 1.82) is 0 Å². The Morgan fingerprint density at radius 1 is 0.829 bits per heavy atom. The van der Waals surface area contributed by atoms with Gasteiger partial charge in [-0.3, -0.25) is 24.7 Å². The zero-order valence-corrected chi connectivity index (χ0v) is 42.9. The molecule has 0 bridgehead atoms. The maximum Gasteiger partial charge on any atom is 0.410 e. The molecule has 18 heteroatoms. The third-order valence-corrected chi connectivity index (χ3v) is 15.0. The van der Waals surface area contributed by atoms with E-state index in [0.717, 1.165) is 86.7 Å². The van der Waals surface area contributed by atoms with E-state index in [1.807, 2.05) is 94.4 Å². The standard InChI is InChI=1S/C52H63ClN8O7S2/c1-52(2,3)68-51(63)60-31-27-57(28-32-60)35-38-11-21-47(39-12-16-42(53)17-13-39)41(33-38)36-58-25-29-59(30-26-58)44-18-14-40(15-19-44)50(62)55-70(66,67)46-20-22-48(49(34-46)61(64)65)54-43(23-24-56(4)5)37-69-45-9-7-6-8-10-45/h6-22,33-34,43,54H,23-32,35-37H2,1-5H3,(H,55,62)/t43-/m1/s1. The number of halogens is 1. The van der Waals surface area contributed by atoms with E-state index in [9.17, 15) is 28.1 Å². The van der Waals surface area contributed by atoms with E-state index in [2.05, 4.69) is 42.9 Å². The molecule has 70 heavy (non-hydrogen) atoms. The molecule has 5 aromatic rings. The Bertz CT molecular complexity index is 2690. The summed E-state index contributed by atoms with van der Waals surface area (Å²) < 4.78 is 34.7. The van der Waals surface area contributed by atoms with Crippen LogP contribution >= 0.6 is 23.4 Å². The maximum atomic E-state index is 13.5. The summed E-state index contributed by atoms with van der Waals surface area (Å²) in [4.78, 5) is 49.2.